The number of fused-ring (bicyclic) bond motifs is 1. The average Bonchev–Trinajstić information content (AvgIpc) is 3.08. The molecule has 0 amide bonds. The second-order valence-electron chi connectivity index (χ2n) is 4.84. The first-order chi connectivity index (χ1) is 12.5. The summed E-state index contributed by atoms with van der Waals surface area (Å²) in [5.74, 6) is 0.936. The summed E-state index contributed by atoms with van der Waals surface area (Å²) in [5.41, 5.74) is 0.923. The molecule has 3 aromatic rings. The second kappa shape index (κ2) is 10.2. The summed E-state index contributed by atoms with van der Waals surface area (Å²) in [4.78, 5) is 4.15. The van der Waals surface area contributed by atoms with Crippen molar-refractivity contribution in [2.75, 3.05) is 14.2 Å². The minimum Gasteiger partial charge on any atom is -0.768 e. The van der Waals surface area contributed by atoms with Gasteiger partial charge >= 0.3 is 0 Å². The van der Waals surface area contributed by atoms with Gasteiger partial charge < -0.3 is 24.7 Å². The Morgan fingerprint density at radius 3 is 2.59 bits per heavy atom. The lowest BCUT2D eigenvalue weighted by atomic mass is 10.2. The highest BCUT2D eigenvalue weighted by Crippen LogP contribution is 2.28. The van der Waals surface area contributed by atoms with Gasteiger partial charge in [0.1, 0.15) is 11.5 Å². The molecular weight excluding hydrogens is 370 g/mol. The standard InChI is InChI=1S/C10H9NO3S.C8H9NO2.H3N/c1-14-8-5-4-7-3-2-6-11-9(7)10(8)15(12)13;1-4-8(10-3)7-5-9-11-6(7)2;/h2-6H,1H3,(H,12,13);4-5H,1-2H2,3H3;1H3/p-1/b;8-7+;. The number of pyridine rings is 1. The van der Waals surface area contributed by atoms with Crippen LogP contribution in [0.5, 0.6) is 5.75 Å². The zero-order valence-electron chi connectivity index (χ0n) is 15.0. The molecule has 0 radical (unpaired) electrons. The third-order valence-electron chi connectivity index (χ3n) is 3.39. The summed E-state index contributed by atoms with van der Waals surface area (Å²) >= 11 is -2.35. The predicted molar refractivity (Wildman–Crippen MR) is 102 cm³/mol. The number of hydrogen-bond donors (Lipinski definition) is 1. The first-order valence-corrected chi connectivity index (χ1v) is 8.42. The van der Waals surface area contributed by atoms with Crippen LogP contribution in [-0.2, 0) is 15.8 Å². The fraction of sp³-hybridized carbons (Fsp3) is 0.111. The minimum atomic E-state index is -2.35. The largest absolute Gasteiger partial charge is 0.768 e. The number of benzene rings is 1. The molecule has 0 spiro atoms. The summed E-state index contributed by atoms with van der Waals surface area (Å²) < 4.78 is 36.9. The van der Waals surface area contributed by atoms with Gasteiger partial charge in [-0.3, -0.25) is 9.19 Å². The van der Waals surface area contributed by atoms with Gasteiger partial charge in [-0.25, -0.2) is 0 Å². The van der Waals surface area contributed by atoms with Crippen molar-refractivity contribution in [2.24, 2.45) is 0 Å². The maximum Gasteiger partial charge on any atom is 0.163 e. The number of aromatic nitrogens is 2. The van der Waals surface area contributed by atoms with E-state index in [0.29, 0.717) is 22.4 Å². The molecule has 0 bridgehead atoms. The SMILES string of the molecule is C=C/C(OC)=c1/cnoc1=C.COc1ccc2cccnc2c1S(=O)[O-].N. The van der Waals surface area contributed by atoms with E-state index in [9.17, 15) is 8.76 Å². The van der Waals surface area contributed by atoms with Crippen LogP contribution in [0.3, 0.4) is 0 Å². The van der Waals surface area contributed by atoms with Gasteiger partial charge in [-0.05, 0) is 35.4 Å². The summed E-state index contributed by atoms with van der Waals surface area (Å²) in [6.07, 6.45) is 4.68. The molecular formula is C18H20N3O5S-. The van der Waals surface area contributed by atoms with Gasteiger partial charge in [0, 0.05) is 11.6 Å². The van der Waals surface area contributed by atoms with Crippen LogP contribution in [0, 0.1) is 0 Å². The number of rotatable bonds is 4. The van der Waals surface area contributed by atoms with Crippen molar-refractivity contribution in [3.63, 3.8) is 0 Å². The van der Waals surface area contributed by atoms with Crippen LogP contribution < -0.4 is 21.5 Å². The van der Waals surface area contributed by atoms with E-state index < -0.39 is 11.1 Å². The molecule has 2 aromatic heterocycles. The molecule has 3 rings (SSSR count). The summed E-state index contributed by atoms with van der Waals surface area (Å²) in [6.45, 7) is 7.19. The Balaban J connectivity index is 0.000000273. The second-order valence-corrected chi connectivity index (χ2v) is 5.72. The molecule has 1 unspecified atom stereocenters. The highest BCUT2D eigenvalue weighted by atomic mass is 32.2. The first kappa shape index (κ1) is 22.0. The predicted octanol–water partition coefficient (Wildman–Crippen LogP) is 1.67. The van der Waals surface area contributed by atoms with Crippen molar-refractivity contribution in [1.82, 2.24) is 16.3 Å². The summed E-state index contributed by atoms with van der Waals surface area (Å²) in [7, 11) is 2.99. The Hall–Kier alpha value is -3.01. The third kappa shape index (κ3) is 5.00. The van der Waals surface area contributed by atoms with E-state index in [1.165, 1.54) is 7.11 Å². The molecule has 0 aliphatic rings. The topological polar surface area (TPSA) is 133 Å². The maximum atomic E-state index is 11.1. The van der Waals surface area contributed by atoms with Gasteiger partial charge in [-0.15, -0.1) is 0 Å². The zero-order valence-corrected chi connectivity index (χ0v) is 15.8. The molecule has 0 aliphatic carbocycles. The molecule has 144 valence electrons. The van der Waals surface area contributed by atoms with Crippen LogP contribution >= 0.6 is 0 Å². The number of hydrogen-bond acceptors (Lipinski definition) is 8. The van der Waals surface area contributed by atoms with E-state index in [1.807, 2.05) is 0 Å². The number of nitrogens with zero attached hydrogens (tertiary/aromatic N) is 2. The van der Waals surface area contributed by atoms with Crippen LogP contribution in [0.2, 0.25) is 0 Å². The van der Waals surface area contributed by atoms with Gasteiger partial charge in [0.2, 0.25) is 0 Å². The van der Waals surface area contributed by atoms with Gasteiger partial charge in [-0.1, -0.05) is 24.4 Å². The van der Waals surface area contributed by atoms with Crippen LogP contribution in [0.25, 0.3) is 23.2 Å². The Morgan fingerprint density at radius 2 is 2.07 bits per heavy atom. The molecule has 2 heterocycles. The quantitative estimate of drug-likeness (QED) is 0.665. The van der Waals surface area contributed by atoms with Crippen molar-refractivity contribution in [3.05, 3.63) is 59.9 Å². The molecule has 0 aliphatic heterocycles. The molecule has 1 atom stereocenters. The van der Waals surface area contributed by atoms with Gasteiger partial charge in [0.15, 0.2) is 5.42 Å². The molecule has 0 saturated carbocycles. The van der Waals surface area contributed by atoms with Crippen LogP contribution in [0.15, 0.2) is 58.7 Å². The van der Waals surface area contributed by atoms with Crippen LogP contribution in [0.4, 0.5) is 0 Å². The van der Waals surface area contributed by atoms with Crippen molar-refractivity contribution in [3.8, 4) is 5.75 Å². The zero-order chi connectivity index (χ0) is 19.1. The van der Waals surface area contributed by atoms with Gasteiger partial charge in [0.25, 0.3) is 0 Å². The van der Waals surface area contributed by atoms with Gasteiger partial charge in [-0.2, -0.15) is 0 Å². The highest BCUT2D eigenvalue weighted by Gasteiger charge is 2.09. The Labute approximate surface area is 158 Å². The van der Waals surface area contributed by atoms with Crippen molar-refractivity contribution in [1.29, 1.82) is 0 Å². The fourth-order valence-corrected chi connectivity index (χ4v) is 2.83. The van der Waals surface area contributed by atoms with Crippen LogP contribution in [-0.4, -0.2) is 33.1 Å². The summed E-state index contributed by atoms with van der Waals surface area (Å²) in [6, 6.07) is 6.96. The molecule has 1 aromatic carbocycles. The van der Waals surface area contributed by atoms with Crippen molar-refractivity contribution < 1.29 is 22.8 Å². The van der Waals surface area contributed by atoms with E-state index in [4.69, 9.17) is 14.0 Å². The average molecular weight is 390 g/mol. The third-order valence-corrected chi connectivity index (χ3v) is 4.12. The molecule has 3 N–H and O–H groups in total. The minimum absolute atomic E-state index is 0. The van der Waals surface area contributed by atoms with Crippen molar-refractivity contribution in [2.45, 2.75) is 4.90 Å². The lowest BCUT2D eigenvalue weighted by Gasteiger charge is -2.12. The lowest BCUT2D eigenvalue weighted by Crippen LogP contribution is -2.20. The Morgan fingerprint density at radius 1 is 1.33 bits per heavy atom. The van der Waals surface area contributed by atoms with E-state index in [2.05, 4.69) is 23.3 Å². The first-order valence-electron chi connectivity index (χ1n) is 7.34. The normalized spacial score (nSPS) is 12.1. The Kier molecular flexibility index (Phi) is 8.34. The van der Waals surface area contributed by atoms with E-state index >= 15 is 0 Å². The molecule has 0 fully saturated rings. The van der Waals surface area contributed by atoms with E-state index in [-0.39, 0.29) is 11.0 Å². The van der Waals surface area contributed by atoms with Crippen LogP contribution in [0.1, 0.15) is 0 Å². The van der Waals surface area contributed by atoms with E-state index in [0.717, 1.165) is 10.6 Å². The fourth-order valence-electron chi connectivity index (χ4n) is 2.19. The molecule has 9 heteroatoms. The maximum absolute atomic E-state index is 11.1. The summed E-state index contributed by atoms with van der Waals surface area (Å²) in [5, 5.41) is 5.07. The lowest BCUT2D eigenvalue weighted by molar-refractivity contribution is 0.367. The van der Waals surface area contributed by atoms with Gasteiger partial charge in [0.05, 0.1) is 36.0 Å². The van der Waals surface area contributed by atoms with E-state index in [1.54, 1.807) is 49.8 Å². The molecule has 8 nitrogen and oxygen atoms in total. The number of ether oxygens (including phenoxy) is 2. The Bertz CT molecular complexity index is 1050. The van der Waals surface area contributed by atoms with Crippen molar-refractivity contribution >= 4 is 34.3 Å². The smallest absolute Gasteiger partial charge is 0.163 e. The monoisotopic (exact) mass is 390 g/mol. The highest BCUT2D eigenvalue weighted by molar-refractivity contribution is 7.79. The number of methoxy groups -OCH3 is 2. The molecule has 27 heavy (non-hydrogen) atoms. The molecule has 0 saturated heterocycles.